The smallest absolute Gasteiger partial charge is 0.421 e. The Hall–Kier alpha value is -2.25. The van der Waals surface area contributed by atoms with Crippen LogP contribution < -0.4 is 10.5 Å². The Morgan fingerprint density at radius 3 is 2.67 bits per heavy atom. The summed E-state index contributed by atoms with van der Waals surface area (Å²) in [4.78, 5) is 14.0. The fraction of sp³-hybridized carbons (Fsp3) is 0.200. The van der Waals surface area contributed by atoms with Crippen molar-refractivity contribution in [2.24, 2.45) is 0 Å². The number of hydrogen-bond donors (Lipinski definition) is 2. The minimum atomic E-state index is -4.74. The SMILES string of the molecule is C=CCOc1nc(C(=O)O)c(N)cc1C(F)(F)F. The van der Waals surface area contributed by atoms with E-state index < -0.39 is 35.0 Å². The van der Waals surface area contributed by atoms with E-state index in [4.69, 9.17) is 15.6 Å². The van der Waals surface area contributed by atoms with Gasteiger partial charge in [0.25, 0.3) is 0 Å². The maximum Gasteiger partial charge on any atom is 0.421 e. The van der Waals surface area contributed by atoms with Gasteiger partial charge in [0.2, 0.25) is 5.88 Å². The number of alkyl halides is 3. The molecule has 0 radical (unpaired) electrons. The third-order valence-electron chi connectivity index (χ3n) is 1.86. The second kappa shape index (κ2) is 4.94. The third kappa shape index (κ3) is 2.90. The van der Waals surface area contributed by atoms with Crippen molar-refractivity contribution >= 4 is 11.7 Å². The zero-order valence-electron chi connectivity index (χ0n) is 8.99. The summed E-state index contributed by atoms with van der Waals surface area (Å²) in [5, 5.41) is 8.71. The van der Waals surface area contributed by atoms with E-state index in [-0.39, 0.29) is 6.61 Å². The molecule has 0 fully saturated rings. The number of rotatable bonds is 4. The molecule has 0 unspecified atom stereocenters. The maximum absolute atomic E-state index is 12.6. The van der Waals surface area contributed by atoms with Gasteiger partial charge in [-0.05, 0) is 6.07 Å². The summed E-state index contributed by atoms with van der Waals surface area (Å²) >= 11 is 0. The molecule has 0 aromatic carbocycles. The number of nitrogens with zero attached hydrogens (tertiary/aromatic N) is 1. The Morgan fingerprint density at radius 2 is 2.22 bits per heavy atom. The summed E-state index contributed by atoms with van der Waals surface area (Å²) in [6.45, 7) is 3.03. The predicted octanol–water partition coefficient (Wildman–Crippen LogP) is 1.95. The number of pyridine rings is 1. The van der Waals surface area contributed by atoms with Crippen LogP contribution in [-0.2, 0) is 6.18 Å². The molecule has 0 saturated heterocycles. The highest BCUT2D eigenvalue weighted by Crippen LogP contribution is 2.37. The molecule has 18 heavy (non-hydrogen) atoms. The topological polar surface area (TPSA) is 85.4 Å². The minimum absolute atomic E-state index is 0.237. The molecule has 0 aliphatic rings. The molecule has 1 rings (SSSR count). The summed E-state index contributed by atoms with van der Waals surface area (Å²) in [5.41, 5.74) is 2.69. The number of ether oxygens (including phenoxy) is 1. The average molecular weight is 262 g/mol. The van der Waals surface area contributed by atoms with E-state index in [2.05, 4.69) is 11.6 Å². The number of nitrogen functional groups attached to an aromatic ring is 1. The maximum atomic E-state index is 12.6. The summed E-state index contributed by atoms with van der Waals surface area (Å²) in [5.74, 6) is -2.38. The molecule has 8 heteroatoms. The molecule has 0 atom stereocenters. The molecule has 0 aliphatic heterocycles. The normalized spacial score (nSPS) is 11.1. The number of anilines is 1. The molecule has 0 aliphatic carbocycles. The van der Waals surface area contributed by atoms with Gasteiger partial charge in [0.05, 0.1) is 5.69 Å². The van der Waals surface area contributed by atoms with Crippen molar-refractivity contribution in [1.82, 2.24) is 4.98 Å². The standard InChI is InChI=1S/C10H9F3N2O3/c1-2-3-18-8-5(10(11,12)13)4-6(14)7(15-8)9(16)17/h2,4H,1,3,14H2,(H,16,17). The molecule has 0 saturated carbocycles. The molecule has 1 heterocycles. The molecule has 98 valence electrons. The molecule has 1 aromatic heterocycles. The summed E-state index contributed by atoms with van der Waals surface area (Å²) in [6.07, 6.45) is -3.53. The highest BCUT2D eigenvalue weighted by molar-refractivity contribution is 5.91. The van der Waals surface area contributed by atoms with Crippen LogP contribution >= 0.6 is 0 Å². The van der Waals surface area contributed by atoms with E-state index >= 15 is 0 Å². The van der Waals surface area contributed by atoms with E-state index in [0.717, 1.165) is 0 Å². The first kappa shape index (κ1) is 13.8. The van der Waals surface area contributed by atoms with Gasteiger partial charge in [-0.3, -0.25) is 0 Å². The lowest BCUT2D eigenvalue weighted by Gasteiger charge is -2.13. The Balaban J connectivity index is 3.37. The van der Waals surface area contributed by atoms with Crippen LogP contribution in [0.5, 0.6) is 5.88 Å². The van der Waals surface area contributed by atoms with Gasteiger partial charge >= 0.3 is 12.1 Å². The molecule has 1 aromatic rings. The Kier molecular flexibility index (Phi) is 3.79. The predicted molar refractivity (Wildman–Crippen MR) is 56.3 cm³/mol. The van der Waals surface area contributed by atoms with Crippen molar-refractivity contribution in [2.75, 3.05) is 12.3 Å². The van der Waals surface area contributed by atoms with E-state index in [9.17, 15) is 18.0 Å². The van der Waals surface area contributed by atoms with E-state index in [1.54, 1.807) is 0 Å². The average Bonchev–Trinajstić information content (AvgIpc) is 2.25. The van der Waals surface area contributed by atoms with Gasteiger partial charge < -0.3 is 15.6 Å². The first-order valence-electron chi connectivity index (χ1n) is 4.62. The van der Waals surface area contributed by atoms with Crippen LogP contribution in [0.1, 0.15) is 16.1 Å². The molecule has 3 N–H and O–H groups in total. The number of carboxylic acid groups (broad SMARTS) is 1. The minimum Gasteiger partial charge on any atom is -0.476 e. The molecular weight excluding hydrogens is 253 g/mol. The number of hydrogen-bond acceptors (Lipinski definition) is 4. The van der Waals surface area contributed by atoms with Crippen molar-refractivity contribution in [3.8, 4) is 5.88 Å². The summed E-state index contributed by atoms with van der Waals surface area (Å²) in [7, 11) is 0. The van der Waals surface area contributed by atoms with Crippen molar-refractivity contribution in [3.05, 3.63) is 30.0 Å². The lowest BCUT2D eigenvalue weighted by molar-refractivity contribution is -0.139. The summed E-state index contributed by atoms with van der Waals surface area (Å²) in [6, 6.07) is 0.481. The fourth-order valence-corrected chi connectivity index (χ4v) is 1.13. The number of carboxylic acids is 1. The zero-order chi connectivity index (χ0) is 13.9. The van der Waals surface area contributed by atoms with Gasteiger partial charge in [0, 0.05) is 0 Å². The second-order valence-electron chi connectivity index (χ2n) is 3.18. The monoisotopic (exact) mass is 262 g/mol. The van der Waals surface area contributed by atoms with E-state index in [1.807, 2.05) is 0 Å². The zero-order valence-corrected chi connectivity index (χ0v) is 8.99. The van der Waals surface area contributed by atoms with Gasteiger partial charge in [-0.1, -0.05) is 12.7 Å². The van der Waals surface area contributed by atoms with Crippen molar-refractivity contribution in [1.29, 1.82) is 0 Å². The molecular formula is C10H9F3N2O3. The number of aromatic nitrogens is 1. The van der Waals surface area contributed by atoms with Gasteiger partial charge in [-0.2, -0.15) is 13.2 Å². The van der Waals surface area contributed by atoms with E-state index in [0.29, 0.717) is 6.07 Å². The molecule has 0 spiro atoms. The van der Waals surface area contributed by atoms with Gasteiger partial charge in [-0.15, -0.1) is 0 Å². The summed E-state index contributed by atoms with van der Waals surface area (Å²) < 4.78 is 42.6. The molecule has 5 nitrogen and oxygen atoms in total. The van der Waals surface area contributed by atoms with Crippen molar-refractivity contribution in [3.63, 3.8) is 0 Å². The lowest BCUT2D eigenvalue weighted by atomic mass is 10.2. The van der Waals surface area contributed by atoms with Crippen LogP contribution in [-0.4, -0.2) is 22.7 Å². The fourth-order valence-electron chi connectivity index (χ4n) is 1.13. The molecule has 0 amide bonds. The number of nitrogens with two attached hydrogens (primary N) is 1. The van der Waals surface area contributed by atoms with Crippen LogP contribution in [0.25, 0.3) is 0 Å². The lowest BCUT2D eigenvalue weighted by Crippen LogP contribution is -2.15. The Morgan fingerprint density at radius 1 is 1.61 bits per heavy atom. The van der Waals surface area contributed by atoms with Crippen molar-refractivity contribution in [2.45, 2.75) is 6.18 Å². The van der Waals surface area contributed by atoms with Crippen LogP contribution in [0.3, 0.4) is 0 Å². The van der Waals surface area contributed by atoms with Gasteiger partial charge in [-0.25, -0.2) is 9.78 Å². The van der Waals surface area contributed by atoms with E-state index in [1.165, 1.54) is 6.08 Å². The van der Waals surface area contributed by atoms with Gasteiger partial charge in [0.15, 0.2) is 5.69 Å². The largest absolute Gasteiger partial charge is 0.476 e. The number of halogens is 3. The second-order valence-corrected chi connectivity index (χ2v) is 3.18. The van der Waals surface area contributed by atoms with Gasteiger partial charge in [0.1, 0.15) is 12.2 Å². The first-order valence-corrected chi connectivity index (χ1v) is 4.62. The van der Waals surface area contributed by atoms with Crippen LogP contribution in [0, 0.1) is 0 Å². The number of carbonyl (C=O) groups is 1. The Bertz CT molecular complexity index is 486. The quantitative estimate of drug-likeness (QED) is 0.810. The van der Waals surface area contributed by atoms with Crippen LogP contribution in [0.2, 0.25) is 0 Å². The molecule has 0 bridgehead atoms. The number of aromatic carboxylic acids is 1. The van der Waals surface area contributed by atoms with Crippen LogP contribution in [0.15, 0.2) is 18.7 Å². The Labute approximate surface area is 99.7 Å². The third-order valence-corrected chi connectivity index (χ3v) is 1.86. The van der Waals surface area contributed by atoms with Crippen LogP contribution in [0.4, 0.5) is 18.9 Å². The first-order chi connectivity index (χ1) is 8.27. The highest BCUT2D eigenvalue weighted by atomic mass is 19.4. The highest BCUT2D eigenvalue weighted by Gasteiger charge is 2.36. The van der Waals surface area contributed by atoms with Crippen molar-refractivity contribution < 1.29 is 27.8 Å².